The molecule has 1 aliphatic heterocycles. The van der Waals surface area contributed by atoms with Crippen LogP contribution in [0.15, 0.2) is 42.5 Å². The Morgan fingerprint density at radius 3 is 2.35 bits per heavy atom. The Bertz CT molecular complexity index is 907. The first-order valence-corrected chi connectivity index (χ1v) is 11.5. The SMILES string of the molecule is CCC(C)NC(=O)c1ccccc1NC(=O)C1CCN(Cc2c(Cl)cccc2Cl)CC1. The maximum atomic E-state index is 12.9. The van der Waals surface area contributed by atoms with E-state index in [2.05, 4.69) is 15.5 Å². The Balaban J connectivity index is 1.58. The summed E-state index contributed by atoms with van der Waals surface area (Å²) in [5.41, 5.74) is 1.97. The minimum Gasteiger partial charge on any atom is -0.350 e. The lowest BCUT2D eigenvalue weighted by atomic mass is 9.95. The maximum absolute atomic E-state index is 12.9. The standard InChI is InChI=1S/C24H29Cl2N3O2/c1-3-16(2)27-24(31)18-7-4-5-10-22(18)28-23(30)17-11-13-29(14-12-17)15-19-20(25)8-6-9-21(19)26/h4-10,16-17H,3,11-15H2,1-2H3,(H,27,31)(H,28,30). The van der Waals surface area contributed by atoms with Crippen molar-refractivity contribution in [2.75, 3.05) is 18.4 Å². The molecule has 0 bridgehead atoms. The summed E-state index contributed by atoms with van der Waals surface area (Å²) in [6.45, 7) is 6.23. The van der Waals surface area contributed by atoms with Gasteiger partial charge in [-0.05, 0) is 63.5 Å². The zero-order valence-corrected chi connectivity index (χ0v) is 19.5. The summed E-state index contributed by atoms with van der Waals surface area (Å²) in [6.07, 6.45) is 2.34. The van der Waals surface area contributed by atoms with E-state index in [0.29, 0.717) is 27.8 Å². The van der Waals surface area contributed by atoms with Crippen LogP contribution in [0.1, 0.15) is 49.0 Å². The van der Waals surface area contributed by atoms with E-state index in [9.17, 15) is 9.59 Å². The van der Waals surface area contributed by atoms with E-state index in [-0.39, 0.29) is 23.8 Å². The van der Waals surface area contributed by atoms with Gasteiger partial charge in [0.15, 0.2) is 0 Å². The highest BCUT2D eigenvalue weighted by Gasteiger charge is 2.26. The van der Waals surface area contributed by atoms with Crippen molar-refractivity contribution in [1.82, 2.24) is 10.2 Å². The quantitative estimate of drug-likeness (QED) is 0.582. The van der Waals surface area contributed by atoms with Crippen LogP contribution in [0.25, 0.3) is 0 Å². The number of hydrogen-bond donors (Lipinski definition) is 2. The van der Waals surface area contributed by atoms with Gasteiger partial charge in [0.1, 0.15) is 0 Å². The molecule has 0 saturated carbocycles. The van der Waals surface area contributed by atoms with Crippen molar-refractivity contribution in [2.45, 2.75) is 45.7 Å². The van der Waals surface area contributed by atoms with Gasteiger partial charge in [0.25, 0.3) is 5.91 Å². The van der Waals surface area contributed by atoms with Crippen molar-refractivity contribution in [3.05, 3.63) is 63.6 Å². The normalized spacial score (nSPS) is 16.0. The van der Waals surface area contributed by atoms with E-state index in [1.165, 1.54) is 0 Å². The Kier molecular flexibility index (Phi) is 8.35. The van der Waals surface area contributed by atoms with Gasteiger partial charge in [-0.3, -0.25) is 14.5 Å². The molecular formula is C24H29Cl2N3O2. The number of halogens is 2. The van der Waals surface area contributed by atoms with Crippen LogP contribution >= 0.6 is 23.2 Å². The lowest BCUT2D eigenvalue weighted by molar-refractivity contribution is -0.121. The fraction of sp³-hybridized carbons (Fsp3) is 0.417. The van der Waals surface area contributed by atoms with Gasteiger partial charge in [-0.1, -0.05) is 48.3 Å². The molecular weight excluding hydrogens is 433 g/mol. The van der Waals surface area contributed by atoms with E-state index in [4.69, 9.17) is 23.2 Å². The van der Waals surface area contributed by atoms with Crippen LogP contribution in [-0.4, -0.2) is 35.8 Å². The zero-order chi connectivity index (χ0) is 22.4. The van der Waals surface area contributed by atoms with Gasteiger partial charge in [0.2, 0.25) is 5.91 Å². The number of likely N-dealkylation sites (tertiary alicyclic amines) is 1. The molecule has 1 unspecified atom stereocenters. The molecule has 1 atom stereocenters. The lowest BCUT2D eigenvalue weighted by Gasteiger charge is -2.31. The van der Waals surface area contributed by atoms with Crippen LogP contribution in [0.2, 0.25) is 10.0 Å². The third-order valence-electron chi connectivity index (χ3n) is 5.82. The molecule has 1 saturated heterocycles. The van der Waals surface area contributed by atoms with Gasteiger partial charge in [-0.25, -0.2) is 0 Å². The van der Waals surface area contributed by atoms with E-state index in [1.807, 2.05) is 38.1 Å². The third-order valence-corrected chi connectivity index (χ3v) is 6.53. The van der Waals surface area contributed by atoms with Crippen molar-refractivity contribution >= 4 is 40.7 Å². The van der Waals surface area contributed by atoms with E-state index in [0.717, 1.165) is 37.9 Å². The monoisotopic (exact) mass is 461 g/mol. The summed E-state index contributed by atoms with van der Waals surface area (Å²) in [5, 5.41) is 7.27. The number of piperidine rings is 1. The molecule has 5 nitrogen and oxygen atoms in total. The predicted molar refractivity (Wildman–Crippen MR) is 127 cm³/mol. The first kappa shape index (κ1) is 23.6. The van der Waals surface area contributed by atoms with E-state index >= 15 is 0 Å². The van der Waals surface area contributed by atoms with Gasteiger partial charge >= 0.3 is 0 Å². The molecule has 0 aliphatic carbocycles. The Hall–Kier alpha value is -2.08. The molecule has 0 radical (unpaired) electrons. The van der Waals surface area contributed by atoms with Crippen LogP contribution in [0, 0.1) is 5.92 Å². The fourth-order valence-electron chi connectivity index (χ4n) is 3.69. The number of nitrogens with one attached hydrogen (secondary N) is 2. The van der Waals surface area contributed by atoms with Crippen molar-refractivity contribution < 1.29 is 9.59 Å². The van der Waals surface area contributed by atoms with Gasteiger partial charge in [-0.15, -0.1) is 0 Å². The van der Waals surface area contributed by atoms with E-state index < -0.39 is 0 Å². The summed E-state index contributed by atoms with van der Waals surface area (Å²) in [7, 11) is 0. The highest BCUT2D eigenvalue weighted by molar-refractivity contribution is 6.35. The van der Waals surface area contributed by atoms with Gasteiger partial charge in [-0.2, -0.15) is 0 Å². The third kappa shape index (κ3) is 6.22. The van der Waals surface area contributed by atoms with Crippen LogP contribution in [0.5, 0.6) is 0 Å². The Morgan fingerprint density at radius 2 is 1.71 bits per heavy atom. The minimum atomic E-state index is -0.170. The summed E-state index contributed by atoms with van der Waals surface area (Å²) in [5.74, 6) is -0.306. The van der Waals surface area contributed by atoms with Gasteiger partial charge in [0, 0.05) is 34.1 Å². The number of para-hydroxylation sites is 1. The number of amides is 2. The second kappa shape index (κ2) is 11.0. The molecule has 166 valence electrons. The number of anilines is 1. The zero-order valence-electron chi connectivity index (χ0n) is 18.0. The highest BCUT2D eigenvalue weighted by Crippen LogP contribution is 2.28. The van der Waals surface area contributed by atoms with Crippen LogP contribution in [-0.2, 0) is 11.3 Å². The minimum absolute atomic E-state index is 0.0424. The average molecular weight is 462 g/mol. The molecule has 1 aliphatic rings. The number of nitrogens with zero attached hydrogens (tertiary/aromatic N) is 1. The smallest absolute Gasteiger partial charge is 0.253 e. The lowest BCUT2D eigenvalue weighted by Crippen LogP contribution is -2.38. The van der Waals surface area contributed by atoms with Crippen molar-refractivity contribution in [1.29, 1.82) is 0 Å². The van der Waals surface area contributed by atoms with Crippen molar-refractivity contribution in [2.24, 2.45) is 5.92 Å². The molecule has 2 amide bonds. The van der Waals surface area contributed by atoms with Gasteiger partial charge < -0.3 is 10.6 Å². The Labute approximate surface area is 194 Å². The second-order valence-corrected chi connectivity index (χ2v) is 8.88. The number of carbonyl (C=O) groups is 2. The first-order valence-electron chi connectivity index (χ1n) is 10.7. The molecule has 1 heterocycles. The first-order chi connectivity index (χ1) is 14.9. The summed E-state index contributed by atoms with van der Waals surface area (Å²) >= 11 is 12.6. The highest BCUT2D eigenvalue weighted by atomic mass is 35.5. The number of carbonyl (C=O) groups excluding carboxylic acids is 2. The largest absolute Gasteiger partial charge is 0.350 e. The number of benzene rings is 2. The maximum Gasteiger partial charge on any atom is 0.253 e. The van der Waals surface area contributed by atoms with Crippen molar-refractivity contribution in [3.8, 4) is 0 Å². The van der Waals surface area contributed by atoms with Crippen LogP contribution in [0.4, 0.5) is 5.69 Å². The second-order valence-electron chi connectivity index (χ2n) is 8.07. The molecule has 7 heteroatoms. The predicted octanol–water partition coefficient (Wildman–Crippen LogP) is 5.37. The summed E-state index contributed by atoms with van der Waals surface area (Å²) in [4.78, 5) is 27.7. The van der Waals surface area contributed by atoms with Crippen LogP contribution in [0.3, 0.4) is 0 Å². The van der Waals surface area contributed by atoms with E-state index in [1.54, 1.807) is 18.2 Å². The summed E-state index contributed by atoms with van der Waals surface area (Å²) < 4.78 is 0. The topological polar surface area (TPSA) is 61.4 Å². The molecule has 2 aromatic rings. The number of hydrogen-bond acceptors (Lipinski definition) is 3. The van der Waals surface area contributed by atoms with Crippen LogP contribution < -0.4 is 10.6 Å². The van der Waals surface area contributed by atoms with Gasteiger partial charge in [0.05, 0.1) is 11.3 Å². The molecule has 0 spiro atoms. The number of rotatable bonds is 7. The molecule has 1 fully saturated rings. The molecule has 3 rings (SSSR count). The fourth-order valence-corrected chi connectivity index (χ4v) is 4.21. The van der Waals surface area contributed by atoms with Crippen molar-refractivity contribution in [3.63, 3.8) is 0 Å². The average Bonchev–Trinajstić information content (AvgIpc) is 2.77. The summed E-state index contributed by atoms with van der Waals surface area (Å²) in [6, 6.07) is 12.8. The molecule has 2 aromatic carbocycles. The molecule has 2 N–H and O–H groups in total. The molecule has 31 heavy (non-hydrogen) atoms. The molecule has 0 aromatic heterocycles. The Morgan fingerprint density at radius 1 is 1.06 bits per heavy atom.